The summed E-state index contributed by atoms with van der Waals surface area (Å²) >= 11 is 0. The van der Waals surface area contributed by atoms with Gasteiger partial charge in [-0.1, -0.05) is 30.3 Å². The summed E-state index contributed by atoms with van der Waals surface area (Å²) in [6.07, 6.45) is 6.57. The number of rotatable bonds is 9. The average molecular weight is 315 g/mol. The molecule has 6 heteroatoms. The number of amides is 1. The maximum atomic E-state index is 12.1. The second-order valence-corrected chi connectivity index (χ2v) is 5.44. The van der Waals surface area contributed by atoms with E-state index in [-0.39, 0.29) is 18.4 Å². The molecule has 1 amide bonds. The lowest BCUT2D eigenvalue weighted by molar-refractivity contribution is -0.137. The molecule has 0 aliphatic rings. The van der Waals surface area contributed by atoms with Crippen LogP contribution in [-0.2, 0) is 22.6 Å². The number of carbonyl (C=O) groups excluding carboxylic acids is 1. The zero-order valence-electron chi connectivity index (χ0n) is 12.9. The van der Waals surface area contributed by atoms with E-state index >= 15 is 0 Å². The highest BCUT2D eigenvalue weighted by Gasteiger charge is 2.14. The van der Waals surface area contributed by atoms with Gasteiger partial charge in [0.1, 0.15) is 0 Å². The number of hydrogen-bond acceptors (Lipinski definition) is 3. The van der Waals surface area contributed by atoms with Gasteiger partial charge >= 0.3 is 5.97 Å². The first-order chi connectivity index (χ1) is 11.1. The first-order valence-corrected chi connectivity index (χ1v) is 7.64. The van der Waals surface area contributed by atoms with E-state index in [4.69, 9.17) is 5.11 Å². The molecule has 2 rings (SSSR count). The van der Waals surface area contributed by atoms with Crippen LogP contribution < -0.4 is 5.32 Å². The predicted octanol–water partition coefficient (Wildman–Crippen LogP) is 1.87. The third-order valence-corrected chi connectivity index (χ3v) is 3.55. The minimum absolute atomic E-state index is 0.0410. The van der Waals surface area contributed by atoms with Crippen molar-refractivity contribution in [3.05, 3.63) is 54.6 Å². The van der Waals surface area contributed by atoms with E-state index in [0.717, 1.165) is 5.56 Å². The van der Waals surface area contributed by atoms with E-state index in [1.165, 1.54) is 0 Å². The average Bonchev–Trinajstić information content (AvgIpc) is 3.05. The van der Waals surface area contributed by atoms with Crippen LogP contribution in [0.1, 0.15) is 24.8 Å². The molecule has 1 unspecified atom stereocenters. The second-order valence-electron chi connectivity index (χ2n) is 5.44. The fourth-order valence-corrected chi connectivity index (χ4v) is 2.37. The number of hydrogen-bond donors (Lipinski definition) is 2. The number of benzene rings is 1. The van der Waals surface area contributed by atoms with Crippen LogP contribution in [0.3, 0.4) is 0 Å². The van der Waals surface area contributed by atoms with E-state index < -0.39 is 5.97 Å². The molecule has 2 aromatic rings. The summed E-state index contributed by atoms with van der Waals surface area (Å²) in [5, 5.41) is 11.8. The van der Waals surface area contributed by atoms with Gasteiger partial charge in [0.25, 0.3) is 0 Å². The number of nitrogens with one attached hydrogen (secondary N) is 1. The van der Waals surface area contributed by atoms with Gasteiger partial charge in [-0.15, -0.1) is 0 Å². The van der Waals surface area contributed by atoms with Crippen molar-refractivity contribution in [1.82, 2.24) is 14.9 Å². The minimum Gasteiger partial charge on any atom is -0.481 e. The van der Waals surface area contributed by atoms with Crippen LogP contribution in [-0.4, -0.2) is 32.6 Å². The Morgan fingerprint density at radius 3 is 2.65 bits per heavy atom. The largest absolute Gasteiger partial charge is 0.481 e. The highest BCUT2D eigenvalue weighted by atomic mass is 16.4. The van der Waals surface area contributed by atoms with Crippen LogP contribution in [0.15, 0.2) is 49.1 Å². The van der Waals surface area contributed by atoms with Crippen LogP contribution in [0, 0.1) is 0 Å². The summed E-state index contributed by atoms with van der Waals surface area (Å²) < 4.78 is 1.84. The second kappa shape index (κ2) is 8.73. The zero-order valence-corrected chi connectivity index (χ0v) is 12.9. The Labute approximate surface area is 135 Å². The molecule has 0 fully saturated rings. The van der Waals surface area contributed by atoms with Gasteiger partial charge in [0.15, 0.2) is 0 Å². The Morgan fingerprint density at radius 1 is 1.22 bits per heavy atom. The van der Waals surface area contributed by atoms with E-state index in [2.05, 4.69) is 10.3 Å². The number of carboxylic acids is 1. The van der Waals surface area contributed by atoms with E-state index in [1.54, 1.807) is 18.7 Å². The predicted molar refractivity (Wildman–Crippen MR) is 85.8 cm³/mol. The lowest BCUT2D eigenvalue weighted by Crippen LogP contribution is -2.37. The van der Waals surface area contributed by atoms with Gasteiger partial charge in [-0.25, -0.2) is 4.98 Å². The smallest absolute Gasteiger partial charge is 0.303 e. The molecule has 0 radical (unpaired) electrons. The van der Waals surface area contributed by atoms with E-state index in [1.807, 2.05) is 34.9 Å². The van der Waals surface area contributed by atoms with Crippen LogP contribution in [0.5, 0.6) is 0 Å². The number of aryl methyl sites for hydroxylation is 1. The molecule has 6 nitrogen and oxygen atoms in total. The molecule has 0 saturated heterocycles. The highest BCUT2D eigenvalue weighted by molar-refractivity contribution is 5.76. The normalized spacial score (nSPS) is 11.8. The fraction of sp³-hybridized carbons (Fsp3) is 0.353. The van der Waals surface area contributed by atoms with Crippen LogP contribution >= 0.6 is 0 Å². The molecule has 0 aliphatic heterocycles. The van der Waals surface area contributed by atoms with Crippen molar-refractivity contribution in [2.45, 2.75) is 38.3 Å². The lowest BCUT2D eigenvalue weighted by Gasteiger charge is -2.18. The number of carboxylic acid groups (broad SMARTS) is 1. The summed E-state index contributed by atoms with van der Waals surface area (Å²) in [5.41, 5.74) is 1.08. The van der Waals surface area contributed by atoms with Crippen LogP contribution in [0.25, 0.3) is 0 Å². The van der Waals surface area contributed by atoms with Crippen LogP contribution in [0.4, 0.5) is 0 Å². The van der Waals surface area contributed by atoms with Gasteiger partial charge in [0, 0.05) is 37.8 Å². The molecule has 0 spiro atoms. The quantitative estimate of drug-likeness (QED) is 0.740. The molecule has 2 N–H and O–H groups in total. The minimum atomic E-state index is -0.851. The lowest BCUT2D eigenvalue weighted by atomic mass is 10.0. The third-order valence-electron chi connectivity index (χ3n) is 3.55. The molecule has 1 aromatic carbocycles. The molecule has 122 valence electrons. The van der Waals surface area contributed by atoms with Crippen molar-refractivity contribution in [3.8, 4) is 0 Å². The number of carbonyl (C=O) groups is 2. The number of imidazole rings is 1. The topological polar surface area (TPSA) is 84.2 Å². The number of aromatic nitrogens is 2. The van der Waals surface area contributed by atoms with Gasteiger partial charge in [-0.05, 0) is 18.4 Å². The third kappa shape index (κ3) is 6.34. The molecule has 0 saturated carbocycles. The summed E-state index contributed by atoms with van der Waals surface area (Å²) in [7, 11) is 0. The molecule has 1 aromatic heterocycles. The highest BCUT2D eigenvalue weighted by Crippen LogP contribution is 2.08. The van der Waals surface area contributed by atoms with Gasteiger partial charge in [-0.2, -0.15) is 0 Å². The summed E-state index contributed by atoms with van der Waals surface area (Å²) in [5.74, 6) is -0.930. The summed E-state index contributed by atoms with van der Waals surface area (Å²) in [4.78, 5) is 26.8. The van der Waals surface area contributed by atoms with Gasteiger partial charge in [-0.3, -0.25) is 9.59 Å². The van der Waals surface area contributed by atoms with E-state index in [0.29, 0.717) is 25.8 Å². The van der Waals surface area contributed by atoms with Crippen molar-refractivity contribution < 1.29 is 14.7 Å². The van der Waals surface area contributed by atoms with Crippen LogP contribution in [0.2, 0.25) is 0 Å². The maximum absolute atomic E-state index is 12.1. The molecular formula is C17H21N3O3. The SMILES string of the molecule is O=C(O)CCC(Cc1ccccc1)NC(=O)CCn1ccnc1. The van der Waals surface area contributed by atoms with Crippen molar-refractivity contribution in [1.29, 1.82) is 0 Å². The van der Waals surface area contributed by atoms with Gasteiger partial charge in [0.2, 0.25) is 5.91 Å². The fourth-order valence-electron chi connectivity index (χ4n) is 2.37. The van der Waals surface area contributed by atoms with Gasteiger partial charge in [0.05, 0.1) is 6.33 Å². The van der Waals surface area contributed by atoms with Crippen molar-refractivity contribution in [2.75, 3.05) is 0 Å². The van der Waals surface area contributed by atoms with Crippen molar-refractivity contribution in [2.24, 2.45) is 0 Å². The summed E-state index contributed by atoms with van der Waals surface area (Å²) in [6.45, 7) is 0.558. The maximum Gasteiger partial charge on any atom is 0.303 e. The Kier molecular flexibility index (Phi) is 6.35. The molecular weight excluding hydrogens is 294 g/mol. The van der Waals surface area contributed by atoms with Crippen molar-refractivity contribution in [3.63, 3.8) is 0 Å². The number of aliphatic carboxylic acids is 1. The number of nitrogens with zero attached hydrogens (tertiary/aromatic N) is 2. The Balaban J connectivity index is 1.87. The van der Waals surface area contributed by atoms with Gasteiger partial charge < -0.3 is 15.0 Å². The molecule has 1 heterocycles. The summed E-state index contributed by atoms with van der Waals surface area (Å²) in [6, 6.07) is 9.58. The standard InChI is InChI=1S/C17H21N3O3/c21-16(8-10-20-11-9-18-13-20)19-15(6-7-17(22)23)12-14-4-2-1-3-5-14/h1-5,9,11,13,15H,6-8,10,12H2,(H,19,21)(H,22,23). The molecule has 0 aliphatic carbocycles. The Morgan fingerprint density at radius 2 is 2.00 bits per heavy atom. The monoisotopic (exact) mass is 315 g/mol. The molecule has 1 atom stereocenters. The zero-order chi connectivity index (χ0) is 16.5. The molecule has 23 heavy (non-hydrogen) atoms. The first-order valence-electron chi connectivity index (χ1n) is 7.64. The molecule has 0 bridgehead atoms. The van der Waals surface area contributed by atoms with E-state index in [9.17, 15) is 9.59 Å². The Hall–Kier alpha value is -2.63. The first kappa shape index (κ1) is 16.7. The van der Waals surface area contributed by atoms with Crippen molar-refractivity contribution >= 4 is 11.9 Å². The Bertz CT molecular complexity index is 611.